The van der Waals surface area contributed by atoms with Crippen LogP contribution in [-0.2, 0) is 11.2 Å². The fourth-order valence-corrected chi connectivity index (χ4v) is 4.07. The molecule has 5 nitrogen and oxygen atoms in total. The van der Waals surface area contributed by atoms with E-state index in [2.05, 4.69) is 37.6 Å². The molecule has 0 bridgehead atoms. The number of para-hydroxylation sites is 1. The molecule has 0 atom stereocenters. The van der Waals surface area contributed by atoms with Crippen LogP contribution in [0.3, 0.4) is 0 Å². The lowest BCUT2D eigenvalue weighted by molar-refractivity contribution is -0.120. The molecule has 28 heavy (non-hydrogen) atoms. The quantitative estimate of drug-likeness (QED) is 0.494. The van der Waals surface area contributed by atoms with Crippen molar-refractivity contribution in [2.24, 2.45) is 0 Å². The van der Waals surface area contributed by atoms with Gasteiger partial charge in [0.05, 0.1) is 20.8 Å². The number of nitrogens with one attached hydrogen (secondary N) is 2. The van der Waals surface area contributed by atoms with Crippen molar-refractivity contribution in [1.29, 1.82) is 0 Å². The highest BCUT2D eigenvalue weighted by atomic mass is 79.9. The Balaban J connectivity index is 1.34. The van der Waals surface area contributed by atoms with Crippen LogP contribution in [0, 0.1) is 5.82 Å². The largest absolute Gasteiger partial charge is 0.356 e. The second-order valence-electron chi connectivity index (χ2n) is 6.16. The summed E-state index contributed by atoms with van der Waals surface area (Å²) in [6.45, 7) is 0.740. The summed E-state index contributed by atoms with van der Waals surface area (Å²) < 4.78 is 14.9. The third-order valence-electron chi connectivity index (χ3n) is 4.04. The zero-order valence-electron chi connectivity index (χ0n) is 15.0. The first-order valence-corrected chi connectivity index (χ1v) is 10.5. The predicted octanol–water partition coefficient (Wildman–Crippen LogP) is 4.07. The minimum Gasteiger partial charge on any atom is -0.356 e. The number of hydrogen-bond acceptors (Lipinski definition) is 4. The highest BCUT2D eigenvalue weighted by Crippen LogP contribution is 2.22. The molecule has 2 N–H and O–H groups in total. The van der Waals surface area contributed by atoms with Crippen LogP contribution in [-0.4, -0.2) is 29.9 Å². The molecule has 1 heterocycles. The Labute approximate surface area is 174 Å². The van der Waals surface area contributed by atoms with Gasteiger partial charge in [-0.25, -0.2) is 9.37 Å². The number of amides is 2. The topological polar surface area (TPSA) is 71.1 Å². The Bertz CT molecular complexity index is 959. The van der Waals surface area contributed by atoms with E-state index in [0.717, 1.165) is 29.4 Å². The zero-order chi connectivity index (χ0) is 19.9. The first-order chi connectivity index (χ1) is 13.5. The summed E-state index contributed by atoms with van der Waals surface area (Å²) >= 11 is 4.88. The van der Waals surface area contributed by atoms with Gasteiger partial charge in [-0.1, -0.05) is 12.1 Å². The van der Waals surface area contributed by atoms with Crippen molar-refractivity contribution in [2.45, 2.75) is 19.3 Å². The molecule has 0 fully saturated rings. The van der Waals surface area contributed by atoms with Crippen molar-refractivity contribution in [3.8, 4) is 0 Å². The highest BCUT2D eigenvalue weighted by molar-refractivity contribution is 9.10. The number of nitrogens with zero attached hydrogens (tertiary/aromatic N) is 1. The summed E-state index contributed by atoms with van der Waals surface area (Å²) in [6, 6.07) is 11.9. The lowest BCUT2D eigenvalue weighted by Crippen LogP contribution is -2.31. The van der Waals surface area contributed by atoms with Gasteiger partial charge < -0.3 is 10.6 Å². The third-order valence-corrected chi connectivity index (χ3v) is 5.83. The second kappa shape index (κ2) is 9.75. The van der Waals surface area contributed by atoms with Crippen LogP contribution in [0.5, 0.6) is 0 Å². The summed E-state index contributed by atoms with van der Waals surface area (Å²) in [5.41, 5.74) is 1.21. The summed E-state index contributed by atoms with van der Waals surface area (Å²) in [4.78, 5) is 28.5. The summed E-state index contributed by atoms with van der Waals surface area (Å²) in [7, 11) is 0. The molecule has 0 aliphatic heterocycles. The maximum Gasteiger partial charge on any atom is 0.252 e. The first-order valence-electron chi connectivity index (χ1n) is 8.87. The number of benzene rings is 2. The van der Waals surface area contributed by atoms with Crippen LogP contribution in [0.2, 0.25) is 0 Å². The molecule has 2 amide bonds. The van der Waals surface area contributed by atoms with Crippen molar-refractivity contribution < 1.29 is 14.0 Å². The SMILES string of the molecule is O=C(CCNC(=O)c1cc(F)ccc1Br)NCCCc1nc2ccccc2s1. The Kier molecular flexibility index (Phi) is 7.11. The molecule has 3 rings (SSSR count). The highest BCUT2D eigenvalue weighted by Gasteiger charge is 2.11. The van der Waals surface area contributed by atoms with Gasteiger partial charge in [0.15, 0.2) is 0 Å². The van der Waals surface area contributed by atoms with Crippen molar-refractivity contribution in [3.05, 3.63) is 63.3 Å². The van der Waals surface area contributed by atoms with Gasteiger partial charge in [0, 0.05) is 30.4 Å². The van der Waals surface area contributed by atoms with Crippen LogP contribution in [0.1, 0.15) is 28.2 Å². The molecule has 0 saturated heterocycles. The number of thiazole rings is 1. The van der Waals surface area contributed by atoms with Gasteiger partial charge in [0.25, 0.3) is 5.91 Å². The molecule has 146 valence electrons. The van der Waals surface area contributed by atoms with E-state index in [1.807, 2.05) is 18.2 Å². The van der Waals surface area contributed by atoms with Gasteiger partial charge >= 0.3 is 0 Å². The second-order valence-corrected chi connectivity index (χ2v) is 8.13. The van der Waals surface area contributed by atoms with E-state index in [-0.39, 0.29) is 24.4 Å². The Hall–Kier alpha value is -2.32. The summed E-state index contributed by atoms with van der Waals surface area (Å²) in [5, 5.41) is 6.52. The molecule has 8 heteroatoms. The number of aryl methyl sites for hydroxylation is 1. The predicted molar refractivity (Wildman–Crippen MR) is 112 cm³/mol. The number of carbonyl (C=O) groups is 2. The average molecular weight is 464 g/mol. The molecule has 0 aliphatic rings. The lowest BCUT2D eigenvalue weighted by Gasteiger charge is -2.08. The van der Waals surface area contributed by atoms with Gasteiger partial charge in [-0.3, -0.25) is 9.59 Å². The van der Waals surface area contributed by atoms with Crippen molar-refractivity contribution >= 4 is 49.3 Å². The van der Waals surface area contributed by atoms with E-state index < -0.39 is 11.7 Å². The Morgan fingerprint density at radius 2 is 1.93 bits per heavy atom. The molecule has 0 saturated carbocycles. The fraction of sp³-hybridized carbons (Fsp3) is 0.250. The van der Waals surface area contributed by atoms with E-state index in [0.29, 0.717) is 11.0 Å². The number of fused-ring (bicyclic) bond motifs is 1. The van der Waals surface area contributed by atoms with Gasteiger partial charge in [-0.2, -0.15) is 0 Å². The van der Waals surface area contributed by atoms with E-state index in [1.54, 1.807) is 11.3 Å². The van der Waals surface area contributed by atoms with Gasteiger partial charge in [0.1, 0.15) is 5.82 Å². The van der Waals surface area contributed by atoms with E-state index in [1.165, 1.54) is 16.8 Å². The fourth-order valence-electron chi connectivity index (χ4n) is 2.64. The monoisotopic (exact) mass is 463 g/mol. The Morgan fingerprint density at radius 3 is 2.75 bits per heavy atom. The van der Waals surface area contributed by atoms with E-state index in [4.69, 9.17) is 0 Å². The Morgan fingerprint density at radius 1 is 1.11 bits per heavy atom. The molecule has 0 radical (unpaired) electrons. The van der Waals surface area contributed by atoms with Gasteiger partial charge in [-0.05, 0) is 52.7 Å². The van der Waals surface area contributed by atoms with Crippen LogP contribution in [0.4, 0.5) is 4.39 Å². The van der Waals surface area contributed by atoms with Crippen molar-refractivity contribution in [3.63, 3.8) is 0 Å². The number of aromatic nitrogens is 1. The number of halogens is 2. The maximum absolute atomic E-state index is 13.2. The van der Waals surface area contributed by atoms with Gasteiger partial charge in [-0.15, -0.1) is 11.3 Å². The zero-order valence-corrected chi connectivity index (χ0v) is 17.4. The lowest BCUT2D eigenvalue weighted by atomic mass is 10.2. The van der Waals surface area contributed by atoms with Crippen molar-refractivity contribution in [2.75, 3.05) is 13.1 Å². The van der Waals surface area contributed by atoms with Crippen molar-refractivity contribution in [1.82, 2.24) is 15.6 Å². The molecular weight excluding hydrogens is 445 g/mol. The number of hydrogen-bond donors (Lipinski definition) is 2. The standard InChI is InChI=1S/C20H19BrFN3O2S/c21-15-8-7-13(22)12-14(15)20(27)24-11-9-18(26)23-10-3-6-19-25-16-4-1-2-5-17(16)28-19/h1-2,4-5,7-8,12H,3,6,9-11H2,(H,23,26)(H,24,27). The molecular formula is C20H19BrFN3O2S. The molecule has 0 spiro atoms. The van der Waals surface area contributed by atoms with E-state index in [9.17, 15) is 14.0 Å². The van der Waals surface area contributed by atoms with Crippen LogP contribution >= 0.6 is 27.3 Å². The molecule has 2 aromatic carbocycles. The third kappa shape index (κ3) is 5.59. The minimum absolute atomic E-state index is 0.136. The van der Waals surface area contributed by atoms with E-state index >= 15 is 0 Å². The molecule has 0 unspecified atom stereocenters. The summed E-state index contributed by atoms with van der Waals surface area (Å²) in [6.07, 6.45) is 1.78. The maximum atomic E-state index is 13.2. The van der Waals surface area contributed by atoms with Crippen LogP contribution < -0.4 is 10.6 Å². The minimum atomic E-state index is -0.487. The summed E-state index contributed by atoms with van der Waals surface area (Å²) in [5.74, 6) is -1.04. The molecule has 1 aromatic heterocycles. The average Bonchev–Trinajstić information content (AvgIpc) is 3.10. The molecule has 0 aliphatic carbocycles. The molecule has 3 aromatic rings. The first kappa shape index (κ1) is 20.4. The van der Waals surface area contributed by atoms with Crippen LogP contribution in [0.25, 0.3) is 10.2 Å². The van der Waals surface area contributed by atoms with Crippen LogP contribution in [0.15, 0.2) is 46.9 Å². The smallest absolute Gasteiger partial charge is 0.252 e. The number of carbonyl (C=O) groups excluding carboxylic acids is 2. The van der Waals surface area contributed by atoms with Gasteiger partial charge in [0.2, 0.25) is 5.91 Å². The number of rotatable bonds is 8. The normalized spacial score (nSPS) is 10.8.